The lowest BCUT2D eigenvalue weighted by Crippen LogP contribution is -2.49. The number of hydrogen-bond donors (Lipinski definition) is 3. The molecule has 4 aromatic heterocycles. The number of nitrogens with zero attached hydrogens (tertiary/aromatic N) is 13. The number of carbonyl (C=O) groups is 4. The number of rotatable bonds is 13. The van der Waals surface area contributed by atoms with Crippen LogP contribution < -0.4 is 35.1 Å². The van der Waals surface area contributed by atoms with Crippen molar-refractivity contribution in [1.82, 2.24) is 30.6 Å². The smallest absolute Gasteiger partial charge is 0.305 e. The largest absolute Gasteiger partial charge is 0.481 e. The lowest BCUT2D eigenvalue weighted by atomic mass is 9.96. The van der Waals surface area contributed by atoms with Gasteiger partial charge in [-0.1, -0.05) is 34.8 Å². The van der Waals surface area contributed by atoms with Gasteiger partial charge in [0.05, 0.1) is 73.3 Å². The Bertz CT molecular complexity index is 3290. The molecule has 0 saturated carbocycles. The van der Waals surface area contributed by atoms with Crippen LogP contribution in [0.3, 0.4) is 0 Å². The average Bonchev–Trinajstić information content (AvgIpc) is 1.35. The lowest BCUT2D eigenvalue weighted by Gasteiger charge is -2.43. The van der Waals surface area contributed by atoms with E-state index >= 15 is 0 Å². The Balaban J connectivity index is 0.000000179. The number of hydrogen-bond acceptors (Lipinski definition) is 18. The number of methoxy groups -OCH3 is 3. The number of pyridine rings is 4. The van der Waals surface area contributed by atoms with Crippen molar-refractivity contribution in [1.29, 1.82) is 0 Å². The summed E-state index contributed by atoms with van der Waals surface area (Å²) >= 11 is 17.2. The van der Waals surface area contributed by atoms with Crippen LogP contribution in [0.15, 0.2) is 24.3 Å². The maximum atomic E-state index is 11.3. The molecule has 476 valence electrons. The summed E-state index contributed by atoms with van der Waals surface area (Å²) < 4.78 is 13.8. The first-order valence-electron chi connectivity index (χ1n) is 29.6. The Morgan fingerprint density at radius 2 is 0.876 bits per heavy atom. The second kappa shape index (κ2) is 33.2. The molecule has 7 aliphatic heterocycles. The van der Waals surface area contributed by atoms with E-state index in [0.29, 0.717) is 77.0 Å². The Morgan fingerprint density at radius 1 is 0.539 bits per heavy atom. The third kappa shape index (κ3) is 19.1. The van der Waals surface area contributed by atoms with E-state index in [4.69, 9.17) is 80.9 Å². The van der Waals surface area contributed by atoms with E-state index in [-0.39, 0.29) is 40.6 Å². The van der Waals surface area contributed by atoms with E-state index in [1.807, 2.05) is 43.9 Å². The van der Waals surface area contributed by atoms with Gasteiger partial charge in [0, 0.05) is 88.2 Å². The number of carboxylic acid groups (broad SMARTS) is 1. The number of carboxylic acids is 1. The van der Waals surface area contributed by atoms with Gasteiger partial charge in [0.2, 0.25) is 22.7 Å². The fraction of sp³-hybridized carbons (Fsp3) is 0.556. The summed E-state index contributed by atoms with van der Waals surface area (Å²) in [6.07, 6.45) is 5.33. The van der Waals surface area contributed by atoms with Crippen molar-refractivity contribution >= 4 is 111 Å². The molecule has 7 fully saturated rings. The maximum absolute atomic E-state index is 11.3. The highest BCUT2D eigenvalue weighted by atomic mass is 35.5. The van der Waals surface area contributed by atoms with Crippen molar-refractivity contribution in [3.05, 3.63) is 108 Å². The summed E-state index contributed by atoms with van der Waals surface area (Å²) in [7, 11) is 4.24. The number of aromatic nitrogens is 4. The molecule has 3 atom stereocenters. The predicted octanol–water partition coefficient (Wildman–Crippen LogP) is 11.0. The molecule has 0 bridgehead atoms. The fourth-order valence-electron chi connectivity index (χ4n) is 10.3. The minimum atomic E-state index is -0.743. The molecule has 89 heavy (non-hydrogen) atoms. The number of anilines is 5. The van der Waals surface area contributed by atoms with E-state index in [9.17, 15) is 19.2 Å². The minimum Gasteiger partial charge on any atom is -0.481 e. The van der Waals surface area contributed by atoms with Crippen LogP contribution in [0.1, 0.15) is 88.0 Å². The van der Waals surface area contributed by atoms with Crippen LogP contribution in [0.4, 0.5) is 51.8 Å². The molecule has 0 unspecified atom stereocenters. The molecule has 3 N–H and O–H groups in total. The maximum Gasteiger partial charge on any atom is 0.305 e. The highest BCUT2D eigenvalue weighted by Crippen LogP contribution is 2.41. The third-order valence-corrected chi connectivity index (χ3v) is 17.2. The van der Waals surface area contributed by atoms with Crippen molar-refractivity contribution in [2.24, 2.45) is 23.7 Å². The average molecular weight is 1280 g/mol. The number of nitrogens with one attached hydrogen (secondary N) is 2. The van der Waals surface area contributed by atoms with Crippen molar-refractivity contribution in [3.63, 3.8) is 0 Å². The summed E-state index contributed by atoms with van der Waals surface area (Å²) in [5.74, 6) is 4.30. The second-order valence-corrected chi connectivity index (χ2v) is 24.4. The van der Waals surface area contributed by atoms with Gasteiger partial charge in [-0.05, 0) is 140 Å². The number of ether oxygens (including phenoxy) is 3. The van der Waals surface area contributed by atoms with Gasteiger partial charge in [0.25, 0.3) is 0 Å². The molecule has 0 aromatic carbocycles. The van der Waals surface area contributed by atoms with Crippen molar-refractivity contribution in [2.45, 2.75) is 112 Å². The van der Waals surface area contributed by atoms with Crippen molar-refractivity contribution in [3.8, 4) is 0 Å². The molecule has 4 aromatic rings. The first kappa shape index (κ1) is 70.3. The molecule has 0 spiro atoms. The summed E-state index contributed by atoms with van der Waals surface area (Å²) in [6.45, 7) is 52.4. The first-order chi connectivity index (χ1) is 42.4. The highest BCUT2D eigenvalue weighted by Gasteiger charge is 2.36. The Morgan fingerprint density at radius 3 is 1.15 bits per heavy atom. The topological polar surface area (TPSA) is 225 Å². The van der Waals surface area contributed by atoms with E-state index in [0.717, 1.165) is 136 Å². The number of aliphatic carboxylic acids is 1. The quantitative estimate of drug-likeness (QED) is 0.0489. The molecular weight excluding hydrogens is 1200 g/mol. The first-order valence-corrected chi connectivity index (χ1v) is 30.7. The molecule has 7 aliphatic rings. The van der Waals surface area contributed by atoms with Crippen LogP contribution in [-0.4, -0.2) is 160 Å². The Kier molecular flexibility index (Phi) is 26.2. The molecule has 7 saturated heterocycles. The fourth-order valence-corrected chi connectivity index (χ4v) is 11.2. The van der Waals surface area contributed by atoms with Crippen LogP contribution in [0.5, 0.6) is 0 Å². The van der Waals surface area contributed by atoms with Crippen LogP contribution in [0, 0.1) is 77.7 Å². The number of aryl methyl sites for hydroxylation is 4. The van der Waals surface area contributed by atoms with Gasteiger partial charge in [-0.15, -0.1) is 0 Å². The summed E-state index contributed by atoms with van der Waals surface area (Å²) in [5, 5.41) is 15.8. The van der Waals surface area contributed by atoms with Gasteiger partial charge in [-0.25, -0.2) is 39.3 Å². The summed E-state index contributed by atoms with van der Waals surface area (Å²) in [6, 6.07) is 9.08. The molecule has 26 heteroatoms. The molecule has 0 radical (unpaired) electrons. The Labute approximate surface area is 537 Å². The Hall–Kier alpha value is -7.77. The van der Waals surface area contributed by atoms with Crippen LogP contribution >= 0.6 is 34.8 Å². The summed E-state index contributed by atoms with van der Waals surface area (Å²) in [4.78, 5) is 85.8. The van der Waals surface area contributed by atoms with E-state index in [1.165, 1.54) is 34.3 Å². The van der Waals surface area contributed by atoms with Gasteiger partial charge < -0.3 is 54.5 Å². The highest BCUT2D eigenvalue weighted by molar-refractivity contribution is 6.34. The number of halogens is 3. The lowest BCUT2D eigenvalue weighted by molar-refractivity contribution is -0.143. The summed E-state index contributed by atoms with van der Waals surface area (Å²) in [5.41, 5.74) is 5.55. The van der Waals surface area contributed by atoms with Gasteiger partial charge in [0.15, 0.2) is 0 Å². The molecule has 0 amide bonds. The number of carbonyl (C=O) groups excluding carboxylic acids is 3. The molecule has 11 heterocycles. The SMILES string of the molecule is COC(=O)CC1CNC1.C[C@H]1CCN1.[C-]#[N+]c1c(C)cc(Cl)nc1Cl.[C-]#[N+]c1c(C)cc(N2CC(CC(=O)O)C2)nc1N1CC[C@@H]1C.[C-]#[N+]c1c(C)cc(N2CC(CC(=O)OC)C2)nc1Cl.[C-]#[N+]c1c(C)cc(N2CC(CC(=O)OC)C2)nc1N1CC[C@@H]1C. The van der Waals surface area contributed by atoms with Gasteiger partial charge in [-0.2, -0.15) is 0 Å². The van der Waals surface area contributed by atoms with E-state index < -0.39 is 5.97 Å². The van der Waals surface area contributed by atoms with Crippen molar-refractivity contribution in [2.75, 3.05) is 118 Å². The van der Waals surface area contributed by atoms with Gasteiger partial charge >= 0.3 is 23.9 Å². The number of esters is 3. The molecule has 11 rings (SSSR count). The van der Waals surface area contributed by atoms with Crippen LogP contribution in [0.25, 0.3) is 19.4 Å². The van der Waals surface area contributed by atoms with E-state index in [1.54, 1.807) is 13.0 Å². The standard InChI is InChI=1S/C17H22N4O2.C16H20N4O2.C13H14ClN3O2.C7H4Cl2N2.C6H11NO2.C4H9N/c1-11-7-14(20-9-13(10-20)8-15(22)23-4)19-17(16(11)18-3)21-6-5-12(21)2;1-10-6-13(19-8-12(9-19)7-14(21)22)18-16(15(10)17-3)20-5-4-11(20)2;1-8-4-10(16-13(14)12(8)15-2)17-6-9(7-17)5-11(18)19-3;1-4-3-5(8)11-7(9)6(4)10-2;1-9-6(8)2-5-3-7-4-5;1-4-2-3-5-4/h7,12-13H,5-6,8-10H2,1-2,4H3;6,11-12H,4-5,7-9H2,1-2H3,(H,21,22);4,9H,5-7H2,1,3H3;3H,1H3;5,7H,2-4H2,1H3;4-5H,2-3H2,1H3/t12-;11-;;;;4-/m00...0/s1. The van der Waals surface area contributed by atoms with Crippen LogP contribution in [0.2, 0.25) is 15.5 Å². The van der Waals surface area contributed by atoms with Crippen molar-refractivity contribution < 1.29 is 38.5 Å². The normalized spacial score (nSPS) is 18.8. The van der Waals surface area contributed by atoms with Gasteiger partial charge in [0.1, 0.15) is 44.5 Å². The molecule has 0 aliphatic carbocycles. The monoisotopic (exact) mass is 1280 g/mol. The zero-order valence-corrected chi connectivity index (χ0v) is 54.6. The van der Waals surface area contributed by atoms with E-state index in [2.05, 4.69) is 89.8 Å². The second-order valence-electron chi connectivity index (χ2n) is 23.3. The predicted molar refractivity (Wildman–Crippen MR) is 347 cm³/mol. The zero-order valence-electron chi connectivity index (χ0n) is 52.3. The zero-order chi connectivity index (χ0) is 65.2. The minimum absolute atomic E-state index is 0.0958. The molecular formula is C63H80Cl3N15O8. The molecule has 23 nitrogen and oxygen atoms in total. The van der Waals surface area contributed by atoms with Gasteiger partial charge in [-0.3, -0.25) is 19.2 Å². The van der Waals surface area contributed by atoms with Crippen LogP contribution in [-0.2, 0) is 33.4 Å². The third-order valence-electron chi connectivity index (χ3n) is 16.5.